The third-order valence-electron chi connectivity index (χ3n) is 6.01. The molecule has 2 saturated heterocycles. The third kappa shape index (κ3) is 3.45. The van der Waals surface area contributed by atoms with Gasteiger partial charge in [0.2, 0.25) is 5.91 Å². The molecule has 0 N–H and O–H groups in total. The van der Waals surface area contributed by atoms with Crippen molar-refractivity contribution in [3.05, 3.63) is 66.3 Å². The molecule has 5 heterocycles. The summed E-state index contributed by atoms with van der Waals surface area (Å²) in [6.45, 7) is 0.872. The van der Waals surface area contributed by atoms with E-state index in [9.17, 15) is 13.6 Å². The van der Waals surface area contributed by atoms with E-state index in [1.54, 1.807) is 17.0 Å². The predicted molar refractivity (Wildman–Crippen MR) is 111 cm³/mol. The lowest BCUT2D eigenvalue weighted by atomic mass is 10.1. The summed E-state index contributed by atoms with van der Waals surface area (Å²) < 4.78 is 30.7. The maximum Gasteiger partial charge on any atom is 0.308 e. The number of carbonyl (C=O) groups is 1. The normalized spacial score (nSPS) is 20.8. The first-order valence-electron chi connectivity index (χ1n) is 10.3. The number of carbonyl (C=O) groups excluding carboxylic acids is 1. The van der Waals surface area contributed by atoms with E-state index < -0.39 is 11.8 Å². The number of hydrogen-bond acceptors (Lipinski definition) is 6. The Morgan fingerprint density at radius 2 is 1.94 bits per heavy atom. The van der Waals surface area contributed by atoms with E-state index in [0.29, 0.717) is 30.4 Å². The lowest BCUT2D eigenvalue weighted by Gasteiger charge is -2.41. The quantitative estimate of drug-likeness (QED) is 0.585. The number of nitrogens with zero attached hydrogens (tertiary/aromatic N) is 7. The number of anilines is 1. The van der Waals surface area contributed by atoms with Crippen LogP contribution in [0.25, 0.3) is 5.65 Å². The van der Waals surface area contributed by atoms with E-state index in [-0.39, 0.29) is 17.8 Å². The molecule has 3 aromatic rings. The van der Waals surface area contributed by atoms with Crippen molar-refractivity contribution in [2.75, 3.05) is 18.0 Å². The molecule has 0 saturated carbocycles. The molecule has 5 rings (SSSR count). The summed E-state index contributed by atoms with van der Waals surface area (Å²) in [6.07, 6.45) is 6.11. The molecule has 0 spiro atoms. The van der Waals surface area contributed by atoms with Gasteiger partial charge in [-0.3, -0.25) is 4.79 Å². The Balaban J connectivity index is 1.30. The van der Waals surface area contributed by atoms with Crippen molar-refractivity contribution in [1.29, 1.82) is 5.26 Å². The minimum Gasteiger partial charge on any atom is -0.347 e. The van der Waals surface area contributed by atoms with Gasteiger partial charge in [0.05, 0.1) is 5.56 Å². The smallest absolute Gasteiger partial charge is 0.308 e. The summed E-state index contributed by atoms with van der Waals surface area (Å²) in [4.78, 5) is 24.8. The number of allylic oxidation sites excluding steroid dienone is 1. The Morgan fingerprint density at radius 1 is 1.16 bits per heavy atom. The number of halogens is 2. The standard InChI is InChI=1S/C22H19F2N7O/c23-22(24,18-2-1-3-20-27-14-28-31(18)20)9-8-21(32)29-12-16-5-6-17(13-29)30(16)19-7-4-15(10-25)11-26-19/h1-4,7-9,11,14,16-17H,5-6,12-13H2/b9-8+/t16-,17?/m0/s1. The number of pyridine rings is 2. The van der Waals surface area contributed by atoms with E-state index in [4.69, 9.17) is 5.26 Å². The van der Waals surface area contributed by atoms with Crippen LogP contribution in [0.2, 0.25) is 0 Å². The zero-order valence-electron chi connectivity index (χ0n) is 17.0. The fourth-order valence-corrected chi connectivity index (χ4v) is 4.53. The molecule has 8 nitrogen and oxygen atoms in total. The van der Waals surface area contributed by atoms with Gasteiger partial charge >= 0.3 is 5.92 Å². The maximum absolute atomic E-state index is 14.8. The molecule has 0 radical (unpaired) electrons. The first-order chi connectivity index (χ1) is 15.5. The van der Waals surface area contributed by atoms with E-state index >= 15 is 0 Å². The molecule has 162 valence electrons. The van der Waals surface area contributed by atoms with Crippen LogP contribution in [0, 0.1) is 11.3 Å². The number of alkyl halides is 2. The summed E-state index contributed by atoms with van der Waals surface area (Å²) in [5.41, 5.74) is 0.446. The molecule has 2 bridgehead atoms. The molecular weight excluding hydrogens is 416 g/mol. The Kier molecular flexibility index (Phi) is 4.81. The lowest BCUT2D eigenvalue weighted by molar-refractivity contribution is -0.127. The number of hydrogen-bond donors (Lipinski definition) is 0. The zero-order valence-corrected chi connectivity index (χ0v) is 17.0. The number of rotatable bonds is 4. The molecule has 0 aromatic carbocycles. The topological polar surface area (TPSA) is 90.4 Å². The van der Waals surface area contributed by atoms with Crippen LogP contribution in [0.3, 0.4) is 0 Å². The van der Waals surface area contributed by atoms with Gasteiger partial charge in [0, 0.05) is 37.4 Å². The second kappa shape index (κ2) is 7.67. The van der Waals surface area contributed by atoms with Gasteiger partial charge in [0.25, 0.3) is 0 Å². The summed E-state index contributed by atoms with van der Waals surface area (Å²) in [6, 6.07) is 10.0. The number of fused-ring (bicyclic) bond motifs is 3. The van der Waals surface area contributed by atoms with E-state index in [2.05, 4.69) is 26.0 Å². The van der Waals surface area contributed by atoms with Crippen molar-refractivity contribution < 1.29 is 13.6 Å². The van der Waals surface area contributed by atoms with Crippen molar-refractivity contribution in [2.45, 2.75) is 30.8 Å². The molecule has 3 aromatic heterocycles. The number of nitriles is 1. The highest BCUT2D eigenvalue weighted by atomic mass is 19.3. The van der Waals surface area contributed by atoms with Crippen molar-refractivity contribution in [3.8, 4) is 6.07 Å². The largest absolute Gasteiger partial charge is 0.347 e. The van der Waals surface area contributed by atoms with Crippen LogP contribution in [0.5, 0.6) is 0 Å². The van der Waals surface area contributed by atoms with Crippen LogP contribution in [0.15, 0.2) is 55.0 Å². The van der Waals surface area contributed by atoms with Crippen LogP contribution >= 0.6 is 0 Å². The van der Waals surface area contributed by atoms with Gasteiger partial charge in [-0.15, -0.1) is 0 Å². The van der Waals surface area contributed by atoms with Gasteiger partial charge in [0.1, 0.15) is 23.9 Å². The van der Waals surface area contributed by atoms with Gasteiger partial charge in [-0.25, -0.2) is 14.5 Å². The second-order valence-electron chi connectivity index (χ2n) is 7.95. The number of piperazine rings is 1. The average molecular weight is 435 g/mol. The Morgan fingerprint density at radius 3 is 2.62 bits per heavy atom. The average Bonchev–Trinajstić information content (AvgIpc) is 3.39. The predicted octanol–water partition coefficient (Wildman–Crippen LogP) is 2.52. The van der Waals surface area contributed by atoms with Crippen LogP contribution in [0.1, 0.15) is 24.1 Å². The minimum atomic E-state index is -3.38. The lowest BCUT2D eigenvalue weighted by Crippen LogP contribution is -2.55. The van der Waals surface area contributed by atoms with Crippen LogP contribution in [-0.4, -0.2) is 55.6 Å². The van der Waals surface area contributed by atoms with Gasteiger partial charge in [-0.05, 0) is 43.2 Å². The number of likely N-dealkylation sites (tertiary alicyclic amines) is 1. The van der Waals surface area contributed by atoms with Crippen LogP contribution in [-0.2, 0) is 10.7 Å². The summed E-state index contributed by atoms with van der Waals surface area (Å²) in [5, 5.41) is 12.8. The van der Waals surface area contributed by atoms with Gasteiger partial charge in [-0.2, -0.15) is 19.1 Å². The van der Waals surface area contributed by atoms with E-state index in [1.165, 1.54) is 24.7 Å². The van der Waals surface area contributed by atoms with Crippen LogP contribution < -0.4 is 4.90 Å². The summed E-state index contributed by atoms with van der Waals surface area (Å²) in [5.74, 6) is -3.05. The minimum absolute atomic E-state index is 0.0657. The zero-order chi connectivity index (χ0) is 22.3. The number of amides is 1. The molecule has 1 unspecified atom stereocenters. The molecule has 2 atom stereocenters. The van der Waals surface area contributed by atoms with Crippen molar-refractivity contribution in [1.82, 2.24) is 24.5 Å². The van der Waals surface area contributed by atoms with Crippen molar-refractivity contribution in [3.63, 3.8) is 0 Å². The Hall–Kier alpha value is -3.87. The van der Waals surface area contributed by atoms with Gasteiger partial charge < -0.3 is 9.80 Å². The first kappa shape index (κ1) is 20.1. The molecule has 32 heavy (non-hydrogen) atoms. The third-order valence-corrected chi connectivity index (χ3v) is 6.01. The second-order valence-corrected chi connectivity index (χ2v) is 7.95. The maximum atomic E-state index is 14.8. The molecule has 1 amide bonds. The molecule has 2 fully saturated rings. The summed E-state index contributed by atoms with van der Waals surface area (Å²) in [7, 11) is 0. The van der Waals surface area contributed by atoms with Gasteiger partial charge in [0.15, 0.2) is 5.65 Å². The Labute approximate surface area is 182 Å². The molecule has 2 aliphatic heterocycles. The molecule has 0 aliphatic carbocycles. The Bertz CT molecular complexity index is 1220. The molecule has 10 heteroatoms. The van der Waals surface area contributed by atoms with E-state index in [1.807, 2.05) is 6.07 Å². The fourth-order valence-electron chi connectivity index (χ4n) is 4.53. The van der Waals surface area contributed by atoms with Crippen molar-refractivity contribution >= 4 is 17.4 Å². The highest BCUT2D eigenvalue weighted by Crippen LogP contribution is 2.34. The highest BCUT2D eigenvalue weighted by molar-refractivity contribution is 5.88. The number of aromatic nitrogens is 4. The van der Waals surface area contributed by atoms with E-state index in [0.717, 1.165) is 29.3 Å². The van der Waals surface area contributed by atoms with Gasteiger partial charge in [-0.1, -0.05) is 6.07 Å². The fraction of sp³-hybridized carbons (Fsp3) is 0.318. The summed E-state index contributed by atoms with van der Waals surface area (Å²) >= 11 is 0. The SMILES string of the molecule is N#Cc1ccc(N2C3CC[C@H]2CN(C(=O)/C=C/C(F)(F)c2cccc4ncnn24)C3)nc1. The van der Waals surface area contributed by atoms with Crippen molar-refractivity contribution in [2.24, 2.45) is 0 Å². The molecular formula is C22H19F2N7O. The molecule has 2 aliphatic rings. The van der Waals surface area contributed by atoms with Crippen LogP contribution in [0.4, 0.5) is 14.6 Å². The highest BCUT2D eigenvalue weighted by Gasteiger charge is 2.42. The first-order valence-corrected chi connectivity index (χ1v) is 10.3. The monoisotopic (exact) mass is 435 g/mol.